The van der Waals surface area contributed by atoms with Crippen LogP contribution in [0.3, 0.4) is 0 Å². The van der Waals surface area contributed by atoms with Gasteiger partial charge in [0.15, 0.2) is 0 Å². The summed E-state index contributed by atoms with van der Waals surface area (Å²) in [7, 11) is 0. The number of amides is 2. The quantitative estimate of drug-likeness (QED) is 0.0631. The lowest BCUT2D eigenvalue weighted by Gasteiger charge is -2.12. The summed E-state index contributed by atoms with van der Waals surface area (Å²) in [5.74, 6) is -1.72. The first-order valence-corrected chi connectivity index (χ1v) is 16.6. The second-order valence-electron chi connectivity index (χ2n) is 9.73. The van der Waals surface area contributed by atoms with Crippen molar-refractivity contribution >= 4 is 17.8 Å². The second-order valence-corrected chi connectivity index (χ2v) is 9.73. The maximum absolute atomic E-state index is 11.6. The van der Waals surface area contributed by atoms with Gasteiger partial charge in [-0.15, -0.1) is 5.06 Å². The number of rotatable bonds is 38. The van der Waals surface area contributed by atoms with Gasteiger partial charge in [-0.3, -0.25) is 9.59 Å². The largest absolute Gasteiger partial charge is 0.379 e. The molecule has 1 heterocycles. The number of carbonyl (C=O) groups is 3. The zero-order valence-corrected chi connectivity index (χ0v) is 28.6. The summed E-state index contributed by atoms with van der Waals surface area (Å²) in [6, 6.07) is 0. The van der Waals surface area contributed by atoms with Gasteiger partial charge in [0.1, 0.15) is 0 Å². The molecule has 0 aromatic heterocycles. The van der Waals surface area contributed by atoms with E-state index in [1.807, 2.05) is 6.92 Å². The van der Waals surface area contributed by atoms with E-state index in [0.717, 1.165) is 0 Å². The van der Waals surface area contributed by atoms with Crippen LogP contribution in [-0.2, 0) is 76.1 Å². The standard InChI is InChI=1S/C31H57NO16/c1-2-36-7-8-38-11-12-40-15-16-42-19-20-44-23-24-46-27-28-47-26-25-45-22-21-43-18-17-41-14-13-39-10-9-37-6-5-31(35)48-32-29(33)3-4-30(32)34/h2-28H2,1H3. The van der Waals surface area contributed by atoms with Crippen LogP contribution in [0.5, 0.6) is 0 Å². The van der Waals surface area contributed by atoms with E-state index in [1.165, 1.54) is 0 Å². The number of hydrogen-bond acceptors (Lipinski definition) is 16. The van der Waals surface area contributed by atoms with Crippen molar-refractivity contribution in [2.45, 2.75) is 26.2 Å². The van der Waals surface area contributed by atoms with Gasteiger partial charge in [0, 0.05) is 19.4 Å². The Morgan fingerprint density at radius 1 is 0.417 bits per heavy atom. The molecule has 1 saturated heterocycles. The maximum Gasteiger partial charge on any atom is 0.335 e. The molecule has 0 aliphatic carbocycles. The van der Waals surface area contributed by atoms with Gasteiger partial charge in [-0.1, -0.05) is 0 Å². The summed E-state index contributed by atoms with van der Waals surface area (Å²) >= 11 is 0. The number of carbonyl (C=O) groups excluding carboxylic acids is 3. The topological polar surface area (TPSA) is 174 Å². The monoisotopic (exact) mass is 699 g/mol. The van der Waals surface area contributed by atoms with Crippen molar-refractivity contribution in [2.75, 3.05) is 159 Å². The van der Waals surface area contributed by atoms with E-state index in [1.54, 1.807) is 0 Å². The molecule has 0 unspecified atom stereocenters. The molecule has 282 valence electrons. The van der Waals surface area contributed by atoms with Gasteiger partial charge in [0.05, 0.1) is 158 Å². The number of hydrogen-bond donors (Lipinski definition) is 0. The molecule has 0 spiro atoms. The molecule has 0 radical (unpaired) electrons. The van der Waals surface area contributed by atoms with Crippen LogP contribution in [-0.4, -0.2) is 181 Å². The van der Waals surface area contributed by atoms with Gasteiger partial charge >= 0.3 is 5.97 Å². The first kappa shape index (κ1) is 44.2. The summed E-state index contributed by atoms with van der Waals surface area (Å²) in [4.78, 5) is 39.2. The highest BCUT2D eigenvalue weighted by Gasteiger charge is 2.32. The van der Waals surface area contributed by atoms with Crippen molar-refractivity contribution in [2.24, 2.45) is 0 Å². The van der Waals surface area contributed by atoms with Crippen LogP contribution in [0, 0.1) is 0 Å². The molecular formula is C31H57NO16. The third-order valence-corrected chi connectivity index (χ3v) is 5.95. The molecule has 2 amide bonds. The van der Waals surface area contributed by atoms with Crippen molar-refractivity contribution in [3.8, 4) is 0 Å². The average Bonchev–Trinajstić information content (AvgIpc) is 3.40. The van der Waals surface area contributed by atoms with E-state index in [2.05, 4.69) is 0 Å². The number of imide groups is 1. The molecule has 1 rings (SSSR count). The predicted octanol–water partition coefficient (Wildman–Crippen LogP) is 0.203. The third kappa shape index (κ3) is 29.1. The third-order valence-electron chi connectivity index (χ3n) is 5.95. The molecule has 0 aromatic rings. The van der Waals surface area contributed by atoms with E-state index < -0.39 is 17.8 Å². The molecule has 0 bridgehead atoms. The van der Waals surface area contributed by atoms with Gasteiger partial charge in [-0.05, 0) is 6.92 Å². The normalized spacial score (nSPS) is 13.2. The smallest absolute Gasteiger partial charge is 0.335 e. The summed E-state index contributed by atoms with van der Waals surface area (Å²) < 4.78 is 64.7. The fourth-order valence-corrected chi connectivity index (χ4v) is 3.52. The molecule has 48 heavy (non-hydrogen) atoms. The van der Waals surface area contributed by atoms with Crippen molar-refractivity contribution in [1.82, 2.24) is 5.06 Å². The Labute approximate surface area is 283 Å². The van der Waals surface area contributed by atoms with Crippen LogP contribution in [0.15, 0.2) is 0 Å². The van der Waals surface area contributed by atoms with E-state index in [9.17, 15) is 14.4 Å². The van der Waals surface area contributed by atoms with Gasteiger partial charge < -0.3 is 61.7 Å². The van der Waals surface area contributed by atoms with Crippen LogP contribution >= 0.6 is 0 Å². The molecule has 1 aliphatic rings. The van der Waals surface area contributed by atoms with E-state index in [4.69, 9.17) is 61.7 Å². The van der Waals surface area contributed by atoms with E-state index >= 15 is 0 Å². The fraction of sp³-hybridized carbons (Fsp3) is 0.903. The maximum atomic E-state index is 11.6. The molecule has 0 N–H and O–H groups in total. The van der Waals surface area contributed by atoms with Gasteiger partial charge in [0.25, 0.3) is 11.8 Å². The summed E-state index contributed by atoms with van der Waals surface area (Å²) in [6.45, 7) is 13.2. The molecule has 1 aliphatic heterocycles. The first-order chi connectivity index (χ1) is 23.6. The molecule has 0 atom stereocenters. The molecular weight excluding hydrogens is 642 g/mol. The Morgan fingerprint density at radius 3 is 0.896 bits per heavy atom. The van der Waals surface area contributed by atoms with Crippen molar-refractivity contribution in [3.63, 3.8) is 0 Å². The minimum atomic E-state index is -0.699. The highest BCUT2D eigenvalue weighted by molar-refractivity contribution is 6.01. The lowest BCUT2D eigenvalue weighted by Crippen LogP contribution is -2.32. The van der Waals surface area contributed by atoms with Gasteiger partial charge in [-0.25, -0.2) is 4.79 Å². The fourth-order valence-electron chi connectivity index (χ4n) is 3.52. The lowest BCUT2D eigenvalue weighted by molar-refractivity contribution is -0.198. The van der Waals surface area contributed by atoms with Crippen LogP contribution < -0.4 is 0 Å². The molecule has 17 heteroatoms. The van der Waals surface area contributed by atoms with Gasteiger partial charge in [-0.2, -0.15) is 0 Å². The molecule has 17 nitrogen and oxygen atoms in total. The minimum Gasteiger partial charge on any atom is -0.379 e. The Hall–Kier alpha value is -1.87. The van der Waals surface area contributed by atoms with Crippen molar-refractivity contribution in [3.05, 3.63) is 0 Å². The number of nitrogens with zero attached hydrogens (tertiary/aromatic N) is 1. The lowest BCUT2D eigenvalue weighted by atomic mass is 10.4. The Morgan fingerprint density at radius 2 is 0.646 bits per heavy atom. The number of ether oxygens (including phenoxy) is 12. The Balaban J connectivity index is 1.64. The summed E-state index contributed by atoms with van der Waals surface area (Å²) in [5.41, 5.74) is 0. The Bertz CT molecular complexity index is 746. The first-order valence-electron chi connectivity index (χ1n) is 16.6. The van der Waals surface area contributed by atoms with Crippen LogP contribution in [0.4, 0.5) is 0 Å². The minimum absolute atomic E-state index is 0.0595. The van der Waals surface area contributed by atoms with E-state index in [-0.39, 0.29) is 32.5 Å². The summed E-state index contributed by atoms with van der Waals surface area (Å²) in [6.07, 6.45) is 0.0457. The van der Waals surface area contributed by atoms with Gasteiger partial charge in [0.2, 0.25) is 0 Å². The number of hydroxylamine groups is 2. The molecule has 1 fully saturated rings. The highest BCUT2D eigenvalue weighted by atomic mass is 16.7. The zero-order valence-electron chi connectivity index (χ0n) is 28.6. The average molecular weight is 700 g/mol. The SMILES string of the molecule is CCOCCOCCOCCOCCOCCOCCOCCOCCOCCOCCOCCOCCC(=O)ON1C(=O)CCC1=O. The van der Waals surface area contributed by atoms with Crippen LogP contribution in [0.1, 0.15) is 26.2 Å². The predicted molar refractivity (Wildman–Crippen MR) is 167 cm³/mol. The van der Waals surface area contributed by atoms with E-state index in [0.29, 0.717) is 150 Å². The molecule has 0 aromatic carbocycles. The second kappa shape index (κ2) is 35.0. The van der Waals surface area contributed by atoms with Crippen LogP contribution in [0.25, 0.3) is 0 Å². The Kier molecular flexibility index (Phi) is 32.2. The van der Waals surface area contributed by atoms with Crippen molar-refractivity contribution < 1.29 is 76.1 Å². The van der Waals surface area contributed by atoms with Crippen molar-refractivity contribution in [1.29, 1.82) is 0 Å². The zero-order chi connectivity index (χ0) is 34.6. The molecule has 0 saturated carbocycles. The summed E-state index contributed by atoms with van der Waals surface area (Å²) in [5, 5.41) is 0.519. The van der Waals surface area contributed by atoms with Crippen LogP contribution in [0.2, 0.25) is 0 Å². The highest BCUT2D eigenvalue weighted by Crippen LogP contribution is 2.12.